The highest BCUT2D eigenvalue weighted by molar-refractivity contribution is 6.01. The van der Waals surface area contributed by atoms with Crippen LogP contribution >= 0.6 is 0 Å². The van der Waals surface area contributed by atoms with E-state index >= 15 is 0 Å². The van der Waals surface area contributed by atoms with E-state index in [4.69, 9.17) is 0 Å². The monoisotopic (exact) mass is 378 g/mol. The van der Waals surface area contributed by atoms with Crippen molar-refractivity contribution in [2.45, 2.75) is 32.9 Å². The number of H-pyrrole nitrogens is 1. The highest BCUT2D eigenvalue weighted by Crippen LogP contribution is 2.28. The van der Waals surface area contributed by atoms with Crippen LogP contribution in [0.3, 0.4) is 0 Å². The summed E-state index contributed by atoms with van der Waals surface area (Å²) in [4.78, 5) is 31.9. The first-order valence-corrected chi connectivity index (χ1v) is 9.32. The Balaban J connectivity index is 1.66. The lowest BCUT2D eigenvalue weighted by atomic mass is 9.97. The molecule has 3 amide bonds. The van der Waals surface area contributed by atoms with Crippen molar-refractivity contribution in [3.05, 3.63) is 48.3 Å². The van der Waals surface area contributed by atoms with E-state index in [0.717, 1.165) is 23.1 Å². The van der Waals surface area contributed by atoms with Crippen molar-refractivity contribution in [1.29, 1.82) is 0 Å². The summed E-state index contributed by atoms with van der Waals surface area (Å²) < 4.78 is 0. The first kappa shape index (κ1) is 18.0. The SMILES string of the molecule is CCC(C)C1C(=O)Nc2ccccc2CN1C(=O)Nc1cnc2[nH]ncc2c1. The van der Waals surface area contributed by atoms with Gasteiger partial charge in [-0.1, -0.05) is 38.5 Å². The lowest BCUT2D eigenvalue weighted by molar-refractivity contribution is -0.121. The van der Waals surface area contributed by atoms with Gasteiger partial charge in [0, 0.05) is 11.1 Å². The van der Waals surface area contributed by atoms with Crippen molar-refractivity contribution in [2.24, 2.45) is 5.92 Å². The number of anilines is 2. The summed E-state index contributed by atoms with van der Waals surface area (Å²) in [6.07, 6.45) is 4.00. The van der Waals surface area contributed by atoms with Gasteiger partial charge in [0.05, 0.1) is 24.6 Å². The summed E-state index contributed by atoms with van der Waals surface area (Å²) in [5.74, 6) is -0.160. The van der Waals surface area contributed by atoms with E-state index in [1.165, 1.54) is 0 Å². The fraction of sp³-hybridized carbons (Fsp3) is 0.300. The average molecular weight is 378 g/mol. The number of fused-ring (bicyclic) bond motifs is 2. The molecule has 1 aliphatic heterocycles. The summed E-state index contributed by atoms with van der Waals surface area (Å²) in [7, 11) is 0. The number of rotatable bonds is 3. The second-order valence-corrected chi connectivity index (χ2v) is 7.07. The number of para-hydroxylation sites is 1. The van der Waals surface area contributed by atoms with Gasteiger partial charge in [-0.05, 0) is 23.6 Å². The quantitative estimate of drug-likeness (QED) is 0.650. The molecule has 3 heterocycles. The van der Waals surface area contributed by atoms with E-state index in [1.807, 2.05) is 38.1 Å². The number of nitrogens with zero attached hydrogens (tertiary/aromatic N) is 3. The highest BCUT2D eigenvalue weighted by atomic mass is 16.2. The Morgan fingerprint density at radius 1 is 1.36 bits per heavy atom. The van der Waals surface area contributed by atoms with E-state index in [1.54, 1.807) is 23.4 Å². The number of carbonyl (C=O) groups is 2. The Morgan fingerprint density at radius 3 is 3.00 bits per heavy atom. The van der Waals surface area contributed by atoms with Gasteiger partial charge in [0.25, 0.3) is 0 Å². The number of hydrogen-bond acceptors (Lipinski definition) is 4. The van der Waals surface area contributed by atoms with Crippen molar-refractivity contribution in [3.8, 4) is 0 Å². The number of nitrogens with one attached hydrogen (secondary N) is 3. The number of aromatic nitrogens is 3. The molecule has 2 unspecified atom stereocenters. The van der Waals surface area contributed by atoms with Gasteiger partial charge in [-0.2, -0.15) is 5.10 Å². The van der Waals surface area contributed by atoms with E-state index in [2.05, 4.69) is 25.8 Å². The first-order valence-electron chi connectivity index (χ1n) is 9.32. The average Bonchev–Trinajstić information content (AvgIpc) is 3.10. The Kier molecular flexibility index (Phi) is 4.68. The molecule has 2 atom stereocenters. The molecule has 28 heavy (non-hydrogen) atoms. The molecule has 144 valence electrons. The molecular formula is C20H22N6O2. The van der Waals surface area contributed by atoms with Crippen LogP contribution < -0.4 is 10.6 Å². The molecule has 4 rings (SSSR count). The maximum Gasteiger partial charge on any atom is 0.322 e. The predicted molar refractivity (Wildman–Crippen MR) is 107 cm³/mol. The molecule has 0 saturated carbocycles. The van der Waals surface area contributed by atoms with Crippen molar-refractivity contribution < 1.29 is 9.59 Å². The molecule has 0 aliphatic carbocycles. The zero-order valence-electron chi connectivity index (χ0n) is 15.8. The number of benzene rings is 1. The van der Waals surface area contributed by atoms with Crippen LogP contribution in [-0.2, 0) is 11.3 Å². The molecular weight excluding hydrogens is 356 g/mol. The lowest BCUT2D eigenvalue weighted by Gasteiger charge is -2.32. The Morgan fingerprint density at radius 2 is 2.18 bits per heavy atom. The van der Waals surface area contributed by atoms with Gasteiger partial charge in [-0.15, -0.1) is 0 Å². The first-order chi connectivity index (χ1) is 13.6. The zero-order valence-corrected chi connectivity index (χ0v) is 15.8. The van der Waals surface area contributed by atoms with Crippen molar-refractivity contribution in [3.63, 3.8) is 0 Å². The largest absolute Gasteiger partial charge is 0.324 e. The minimum atomic E-state index is -0.567. The van der Waals surface area contributed by atoms with Crippen LogP contribution in [-0.4, -0.2) is 38.1 Å². The fourth-order valence-electron chi connectivity index (χ4n) is 3.50. The molecule has 3 aromatic rings. The summed E-state index contributed by atoms with van der Waals surface area (Å²) in [6.45, 7) is 4.35. The van der Waals surface area contributed by atoms with Crippen LogP contribution in [0.15, 0.2) is 42.7 Å². The van der Waals surface area contributed by atoms with Crippen LogP contribution in [0.5, 0.6) is 0 Å². The summed E-state index contributed by atoms with van der Waals surface area (Å²) in [5.41, 5.74) is 2.86. The molecule has 0 bridgehead atoms. The van der Waals surface area contributed by atoms with Gasteiger partial charge in [-0.25, -0.2) is 9.78 Å². The maximum atomic E-state index is 13.2. The van der Waals surface area contributed by atoms with Gasteiger partial charge in [-0.3, -0.25) is 9.89 Å². The van der Waals surface area contributed by atoms with Crippen LogP contribution in [0.1, 0.15) is 25.8 Å². The number of pyridine rings is 1. The molecule has 8 nitrogen and oxygen atoms in total. The molecule has 0 fully saturated rings. The molecule has 0 spiro atoms. The van der Waals surface area contributed by atoms with Crippen LogP contribution in [0, 0.1) is 5.92 Å². The molecule has 0 radical (unpaired) electrons. The van der Waals surface area contributed by atoms with Crippen LogP contribution in [0.4, 0.5) is 16.2 Å². The maximum absolute atomic E-state index is 13.2. The third kappa shape index (κ3) is 3.28. The van der Waals surface area contributed by atoms with Crippen molar-refractivity contribution in [2.75, 3.05) is 10.6 Å². The zero-order chi connectivity index (χ0) is 19.7. The number of urea groups is 1. The fourth-order valence-corrected chi connectivity index (χ4v) is 3.50. The van der Waals surface area contributed by atoms with Crippen molar-refractivity contribution >= 4 is 34.3 Å². The van der Waals surface area contributed by atoms with Crippen molar-refractivity contribution in [1.82, 2.24) is 20.1 Å². The van der Waals surface area contributed by atoms with Gasteiger partial charge in [0.1, 0.15) is 6.04 Å². The molecule has 0 saturated heterocycles. The topological polar surface area (TPSA) is 103 Å². The van der Waals surface area contributed by atoms with E-state index in [0.29, 0.717) is 17.9 Å². The third-order valence-corrected chi connectivity index (χ3v) is 5.21. The number of amides is 3. The van der Waals surface area contributed by atoms with Gasteiger partial charge < -0.3 is 15.5 Å². The Hall–Kier alpha value is -3.42. The Bertz CT molecular complexity index is 1030. The Labute approximate surface area is 162 Å². The molecule has 2 aromatic heterocycles. The molecule has 8 heteroatoms. The number of hydrogen-bond donors (Lipinski definition) is 3. The highest BCUT2D eigenvalue weighted by Gasteiger charge is 2.36. The lowest BCUT2D eigenvalue weighted by Crippen LogP contribution is -2.50. The number of aromatic amines is 1. The van der Waals surface area contributed by atoms with Gasteiger partial charge in [0.15, 0.2) is 5.65 Å². The minimum Gasteiger partial charge on any atom is -0.324 e. The third-order valence-electron chi connectivity index (χ3n) is 5.21. The second-order valence-electron chi connectivity index (χ2n) is 7.07. The molecule has 1 aromatic carbocycles. The van der Waals surface area contributed by atoms with E-state index in [9.17, 15) is 9.59 Å². The normalized spacial score (nSPS) is 17.6. The molecule has 3 N–H and O–H groups in total. The van der Waals surface area contributed by atoms with E-state index < -0.39 is 6.04 Å². The molecule has 1 aliphatic rings. The van der Waals surface area contributed by atoms with Gasteiger partial charge in [0.2, 0.25) is 5.91 Å². The predicted octanol–water partition coefficient (Wildman–Crippen LogP) is 3.36. The number of carbonyl (C=O) groups excluding carboxylic acids is 2. The van der Waals surface area contributed by atoms with Crippen LogP contribution in [0.2, 0.25) is 0 Å². The standard InChI is InChI=1S/C20H22N6O2/c1-3-12(2)17-19(27)24-16-7-5-4-6-13(16)11-26(17)20(28)23-15-8-14-9-22-25-18(14)21-10-15/h4-10,12,17H,3,11H2,1-2H3,(H,23,28)(H,24,27)(H,21,22,25). The second kappa shape index (κ2) is 7.30. The summed E-state index contributed by atoms with van der Waals surface area (Å²) in [5, 5.41) is 13.4. The smallest absolute Gasteiger partial charge is 0.322 e. The van der Waals surface area contributed by atoms with E-state index in [-0.39, 0.29) is 17.9 Å². The van der Waals surface area contributed by atoms with Gasteiger partial charge >= 0.3 is 6.03 Å². The summed E-state index contributed by atoms with van der Waals surface area (Å²) in [6, 6.07) is 8.46. The van der Waals surface area contributed by atoms with Crippen LogP contribution in [0.25, 0.3) is 11.0 Å². The minimum absolute atomic E-state index is 0.00883. The summed E-state index contributed by atoms with van der Waals surface area (Å²) >= 11 is 0.